The lowest BCUT2D eigenvalue weighted by atomic mass is 10.0. The van der Waals surface area contributed by atoms with E-state index in [1.807, 2.05) is 45.4 Å². The first kappa shape index (κ1) is 17.8. The first-order chi connectivity index (χ1) is 14.0. The fraction of sp³-hybridized carbons (Fsp3) is 0.238. The average Bonchev–Trinajstić information content (AvgIpc) is 3.37. The van der Waals surface area contributed by atoms with Crippen LogP contribution in [0.15, 0.2) is 46.1 Å². The Balaban J connectivity index is 1.53. The van der Waals surface area contributed by atoms with E-state index in [2.05, 4.69) is 10.1 Å². The zero-order chi connectivity index (χ0) is 20.1. The lowest BCUT2D eigenvalue weighted by Crippen LogP contribution is -2.37. The van der Waals surface area contributed by atoms with Crippen LogP contribution in [0, 0.1) is 6.92 Å². The summed E-state index contributed by atoms with van der Waals surface area (Å²) in [5.74, 6) is -0.0795. The Morgan fingerprint density at radius 1 is 1.28 bits per heavy atom. The molecular weight excluding hydrogens is 386 g/mol. The summed E-state index contributed by atoms with van der Waals surface area (Å²) in [6, 6.07) is 5.43. The van der Waals surface area contributed by atoms with Crippen molar-refractivity contribution >= 4 is 22.9 Å². The lowest BCUT2D eigenvalue weighted by Gasteiger charge is -2.29. The number of thiophene rings is 1. The molecule has 0 N–H and O–H groups in total. The monoisotopic (exact) mass is 405 g/mol. The molecule has 7 nitrogen and oxygen atoms in total. The van der Waals surface area contributed by atoms with Crippen molar-refractivity contribution in [1.82, 2.24) is 24.1 Å². The maximum absolute atomic E-state index is 13.4. The van der Waals surface area contributed by atoms with Crippen LogP contribution in [0.1, 0.15) is 27.3 Å². The number of fused-ring (bicyclic) bond motifs is 3. The number of nitrogens with zero attached hydrogens (tertiary/aromatic N) is 5. The van der Waals surface area contributed by atoms with Crippen LogP contribution < -0.4 is 5.56 Å². The van der Waals surface area contributed by atoms with E-state index >= 15 is 0 Å². The zero-order valence-electron chi connectivity index (χ0n) is 16.1. The Morgan fingerprint density at radius 2 is 2.14 bits per heavy atom. The van der Waals surface area contributed by atoms with E-state index in [0.29, 0.717) is 30.6 Å². The van der Waals surface area contributed by atoms with E-state index in [1.165, 1.54) is 4.57 Å². The number of hydrogen-bond acceptors (Lipinski definition) is 5. The van der Waals surface area contributed by atoms with E-state index in [9.17, 15) is 9.59 Å². The molecule has 4 aromatic rings. The van der Waals surface area contributed by atoms with Gasteiger partial charge in [0.2, 0.25) is 0 Å². The van der Waals surface area contributed by atoms with E-state index < -0.39 is 0 Å². The molecule has 0 aliphatic carbocycles. The van der Waals surface area contributed by atoms with E-state index in [4.69, 9.17) is 0 Å². The summed E-state index contributed by atoms with van der Waals surface area (Å²) in [5.41, 5.74) is 5.84. The van der Waals surface area contributed by atoms with Gasteiger partial charge in [0.25, 0.3) is 11.5 Å². The lowest BCUT2D eigenvalue weighted by molar-refractivity contribution is 0.0732. The minimum Gasteiger partial charge on any atom is -0.334 e. The molecule has 29 heavy (non-hydrogen) atoms. The van der Waals surface area contributed by atoms with Crippen molar-refractivity contribution in [3.63, 3.8) is 0 Å². The number of carbonyl (C=O) groups excluding carboxylic acids is 1. The highest BCUT2D eigenvalue weighted by atomic mass is 32.1. The van der Waals surface area contributed by atoms with Crippen molar-refractivity contribution in [2.45, 2.75) is 19.9 Å². The van der Waals surface area contributed by atoms with Crippen LogP contribution in [-0.2, 0) is 20.0 Å². The fourth-order valence-electron chi connectivity index (χ4n) is 3.86. The van der Waals surface area contributed by atoms with Gasteiger partial charge in [0.1, 0.15) is 0 Å². The summed E-state index contributed by atoms with van der Waals surface area (Å²) in [6.45, 7) is 3.02. The van der Waals surface area contributed by atoms with Crippen LogP contribution in [0.5, 0.6) is 0 Å². The van der Waals surface area contributed by atoms with Crippen LogP contribution in [0.4, 0.5) is 0 Å². The maximum Gasteiger partial charge on any atom is 0.256 e. The van der Waals surface area contributed by atoms with E-state index in [1.54, 1.807) is 30.6 Å². The topological polar surface area (TPSA) is 72.5 Å². The van der Waals surface area contributed by atoms with Gasteiger partial charge in [-0.3, -0.25) is 9.59 Å². The van der Waals surface area contributed by atoms with Crippen LogP contribution in [0.25, 0.3) is 16.8 Å². The third-order valence-electron chi connectivity index (χ3n) is 5.35. The molecule has 1 aliphatic rings. The number of carbonyl (C=O) groups is 1. The quantitative estimate of drug-likeness (QED) is 0.514. The van der Waals surface area contributed by atoms with Gasteiger partial charge in [0.05, 0.1) is 17.0 Å². The molecule has 0 atom stereocenters. The maximum atomic E-state index is 13.4. The summed E-state index contributed by atoms with van der Waals surface area (Å²) in [6.07, 6.45) is 4.19. The van der Waals surface area contributed by atoms with Gasteiger partial charge in [0.15, 0.2) is 5.65 Å². The molecule has 5 rings (SSSR count). The summed E-state index contributed by atoms with van der Waals surface area (Å²) in [7, 11) is 1.67. The highest BCUT2D eigenvalue weighted by Crippen LogP contribution is 2.27. The van der Waals surface area contributed by atoms with Gasteiger partial charge in [-0.15, -0.1) is 0 Å². The van der Waals surface area contributed by atoms with Crippen LogP contribution >= 0.6 is 11.3 Å². The third-order valence-corrected chi connectivity index (χ3v) is 6.03. The Hall–Kier alpha value is -3.26. The average molecular weight is 405 g/mol. The van der Waals surface area contributed by atoms with Crippen LogP contribution in [0.3, 0.4) is 0 Å². The smallest absolute Gasteiger partial charge is 0.256 e. The standard InChI is InChI=1S/C21H19N5O2S/c1-13-7-19-22-9-15-10-25(5-3-18(15)26(19)23-13)21(28)17-11-24(2)20(27)8-16(17)14-4-6-29-12-14/h4,6-9,11-12H,3,5,10H2,1-2H3. The SMILES string of the molecule is Cc1cc2ncc3c(n2n1)CCN(C(=O)c1cn(C)c(=O)cc1-c1ccsc1)C3. The van der Waals surface area contributed by atoms with Crippen molar-refractivity contribution < 1.29 is 4.79 Å². The molecule has 146 valence electrons. The van der Waals surface area contributed by atoms with Crippen molar-refractivity contribution in [3.05, 3.63) is 74.2 Å². The van der Waals surface area contributed by atoms with E-state index in [0.717, 1.165) is 28.2 Å². The molecule has 0 saturated carbocycles. The predicted octanol–water partition coefficient (Wildman–Crippen LogP) is 2.66. The Kier molecular flexibility index (Phi) is 4.09. The number of pyridine rings is 1. The van der Waals surface area contributed by atoms with Gasteiger partial charge in [-0.2, -0.15) is 16.4 Å². The van der Waals surface area contributed by atoms with Gasteiger partial charge in [-0.25, -0.2) is 9.50 Å². The second-order valence-electron chi connectivity index (χ2n) is 7.32. The molecule has 5 heterocycles. The largest absolute Gasteiger partial charge is 0.334 e. The third kappa shape index (κ3) is 2.96. The van der Waals surface area contributed by atoms with E-state index in [-0.39, 0.29) is 11.5 Å². The minimum absolute atomic E-state index is 0.0795. The Bertz CT molecular complexity index is 1300. The molecule has 0 unspecified atom stereocenters. The first-order valence-electron chi connectivity index (χ1n) is 9.37. The van der Waals surface area contributed by atoms with Crippen molar-refractivity contribution in [1.29, 1.82) is 0 Å². The Labute approximate surface area is 170 Å². The van der Waals surface area contributed by atoms with Gasteiger partial charge >= 0.3 is 0 Å². The molecule has 8 heteroatoms. The van der Waals surface area contributed by atoms with Gasteiger partial charge < -0.3 is 9.47 Å². The second kappa shape index (κ2) is 6.66. The normalized spacial score (nSPS) is 13.7. The zero-order valence-corrected chi connectivity index (χ0v) is 16.9. The number of aromatic nitrogens is 4. The highest BCUT2D eigenvalue weighted by Gasteiger charge is 2.26. The summed E-state index contributed by atoms with van der Waals surface area (Å²) in [5, 5.41) is 8.44. The molecule has 0 aromatic carbocycles. The summed E-state index contributed by atoms with van der Waals surface area (Å²) in [4.78, 5) is 31.9. The van der Waals surface area contributed by atoms with Crippen LogP contribution in [-0.4, -0.2) is 36.5 Å². The van der Waals surface area contributed by atoms with Crippen molar-refractivity contribution in [3.8, 4) is 11.1 Å². The molecule has 0 fully saturated rings. The molecule has 0 spiro atoms. The molecular formula is C21H19N5O2S. The molecule has 0 saturated heterocycles. The summed E-state index contributed by atoms with van der Waals surface area (Å²) < 4.78 is 3.34. The molecule has 1 aliphatic heterocycles. The van der Waals surface area contributed by atoms with Crippen molar-refractivity contribution in [2.75, 3.05) is 6.54 Å². The molecule has 1 amide bonds. The van der Waals surface area contributed by atoms with Gasteiger partial charge in [0, 0.05) is 62.2 Å². The Morgan fingerprint density at radius 3 is 2.93 bits per heavy atom. The molecule has 0 bridgehead atoms. The number of hydrogen-bond donors (Lipinski definition) is 0. The first-order valence-corrected chi connectivity index (χ1v) is 10.3. The number of amides is 1. The summed E-state index contributed by atoms with van der Waals surface area (Å²) >= 11 is 1.54. The van der Waals surface area contributed by atoms with Crippen LogP contribution in [0.2, 0.25) is 0 Å². The number of aryl methyl sites for hydroxylation is 2. The fourth-order valence-corrected chi connectivity index (χ4v) is 4.51. The highest BCUT2D eigenvalue weighted by molar-refractivity contribution is 7.08. The molecule has 4 aromatic heterocycles. The minimum atomic E-state index is -0.132. The number of rotatable bonds is 2. The van der Waals surface area contributed by atoms with Gasteiger partial charge in [-0.1, -0.05) is 0 Å². The predicted molar refractivity (Wildman–Crippen MR) is 111 cm³/mol. The van der Waals surface area contributed by atoms with Gasteiger partial charge in [-0.05, 0) is 29.3 Å². The molecule has 0 radical (unpaired) electrons. The van der Waals surface area contributed by atoms with Crippen molar-refractivity contribution in [2.24, 2.45) is 7.05 Å². The second-order valence-corrected chi connectivity index (χ2v) is 8.10.